The van der Waals surface area contributed by atoms with Gasteiger partial charge in [-0.25, -0.2) is 4.85 Å². The van der Waals surface area contributed by atoms with Gasteiger partial charge in [-0.15, -0.1) is 0 Å². The molecule has 9 aromatic carbocycles. The molecule has 0 bridgehead atoms. The average molecular weight is 805 g/mol. The average Bonchev–Trinajstić information content (AvgIpc) is 3.83. The molecule has 0 fully saturated rings. The van der Waals surface area contributed by atoms with Crippen molar-refractivity contribution in [2.75, 3.05) is 0 Å². The van der Waals surface area contributed by atoms with E-state index in [-0.39, 0.29) is 0 Å². The van der Waals surface area contributed by atoms with Crippen molar-refractivity contribution in [1.29, 1.82) is 5.26 Å². The van der Waals surface area contributed by atoms with Crippen LogP contribution in [0.25, 0.3) is 104 Å². The maximum atomic E-state index is 9.92. The largest absolute Gasteiger partial charge is 0.310 e. The van der Waals surface area contributed by atoms with Gasteiger partial charge in [-0.2, -0.15) is 5.26 Å². The van der Waals surface area contributed by atoms with E-state index < -0.39 is 0 Å². The van der Waals surface area contributed by atoms with E-state index in [0.29, 0.717) is 11.3 Å². The number of nitriles is 1. The minimum Gasteiger partial charge on any atom is -0.310 e. The van der Waals surface area contributed by atoms with Gasteiger partial charge in [0.25, 0.3) is 0 Å². The molecule has 0 aliphatic rings. The molecule has 0 spiro atoms. The fraction of sp³-hybridized carbons (Fsp3) is 0.0508. The molecule has 0 aliphatic carbocycles. The van der Waals surface area contributed by atoms with E-state index in [4.69, 9.17) is 6.57 Å². The maximum Gasteiger partial charge on any atom is 0.197 e. The topological polar surface area (TPSA) is 38.0 Å². The van der Waals surface area contributed by atoms with E-state index >= 15 is 0 Å². The Kier molecular flexibility index (Phi) is 8.90. The second-order valence-electron chi connectivity index (χ2n) is 16.4. The number of para-hydroxylation sites is 2. The van der Waals surface area contributed by atoms with Crippen molar-refractivity contribution in [3.63, 3.8) is 0 Å². The van der Waals surface area contributed by atoms with Gasteiger partial charge in [0.15, 0.2) is 5.69 Å². The summed E-state index contributed by atoms with van der Waals surface area (Å²) in [7, 11) is 0. The molecule has 11 aromatic rings. The smallest absolute Gasteiger partial charge is 0.197 e. The second-order valence-corrected chi connectivity index (χ2v) is 16.4. The first kappa shape index (κ1) is 37.6. The van der Waals surface area contributed by atoms with Crippen molar-refractivity contribution in [1.82, 2.24) is 9.13 Å². The number of aromatic nitrogens is 2. The molecule has 296 valence electrons. The molecule has 0 atom stereocenters. The van der Waals surface area contributed by atoms with Crippen LogP contribution >= 0.6 is 0 Å². The molecule has 0 amide bonds. The van der Waals surface area contributed by atoms with Gasteiger partial charge in [0.05, 0.1) is 46.0 Å². The van der Waals surface area contributed by atoms with E-state index in [1.807, 2.05) is 24.3 Å². The number of hydrogen-bond acceptors (Lipinski definition) is 1. The summed E-state index contributed by atoms with van der Waals surface area (Å²) in [6, 6.07) is 68.8. The van der Waals surface area contributed by atoms with E-state index in [9.17, 15) is 5.26 Å². The van der Waals surface area contributed by atoms with Gasteiger partial charge in [-0.3, -0.25) is 0 Å². The molecule has 2 aromatic heterocycles. The highest BCUT2D eigenvalue weighted by molar-refractivity contribution is 6.14. The fourth-order valence-corrected chi connectivity index (χ4v) is 9.91. The minimum atomic E-state index is 0.553. The highest BCUT2D eigenvalue weighted by atomic mass is 15.0. The van der Waals surface area contributed by atoms with Gasteiger partial charge in [0, 0.05) is 38.4 Å². The summed E-state index contributed by atoms with van der Waals surface area (Å²) in [6.07, 6.45) is 0. The number of nitrogens with zero attached hydrogens (tertiary/aromatic N) is 4. The molecule has 2 heterocycles. The Morgan fingerprint density at radius 2 is 0.905 bits per heavy atom. The van der Waals surface area contributed by atoms with Gasteiger partial charge in [-0.05, 0) is 132 Å². The summed E-state index contributed by atoms with van der Waals surface area (Å²) < 4.78 is 4.73. The molecule has 4 heteroatoms. The molecule has 0 saturated carbocycles. The summed E-state index contributed by atoms with van der Waals surface area (Å²) in [5.41, 5.74) is 19.3. The maximum absolute atomic E-state index is 9.92. The predicted molar refractivity (Wildman–Crippen MR) is 262 cm³/mol. The Hall–Kier alpha value is -8.44. The lowest BCUT2D eigenvalue weighted by Gasteiger charge is -2.23. The van der Waals surface area contributed by atoms with Crippen LogP contribution < -0.4 is 0 Å². The summed E-state index contributed by atoms with van der Waals surface area (Å²) >= 11 is 0. The van der Waals surface area contributed by atoms with E-state index in [2.05, 4.69) is 205 Å². The van der Waals surface area contributed by atoms with Crippen LogP contribution in [0.4, 0.5) is 5.69 Å². The molecular weight excluding hydrogens is 765 g/mol. The van der Waals surface area contributed by atoms with Crippen molar-refractivity contribution in [2.24, 2.45) is 0 Å². The van der Waals surface area contributed by atoms with E-state index in [1.54, 1.807) is 0 Å². The van der Waals surface area contributed by atoms with Gasteiger partial charge >= 0.3 is 0 Å². The lowest BCUT2D eigenvalue weighted by molar-refractivity contribution is 1.16. The Morgan fingerprint density at radius 1 is 0.413 bits per heavy atom. The number of hydrogen-bond donors (Lipinski definition) is 0. The zero-order valence-corrected chi connectivity index (χ0v) is 35.2. The van der Waals surface area contributed by atoms with Crippen LogP contribution in [-0.2, 0) is 0 Å². The van der Waals surface area contributed by atoms with Crippen molar-refractivity contribution in [3.8, 4) is 62.0 Å². The highest BCUT2D eigenvalue weighted by Gasteiger charge is 2.26. The quantitative estimate of drug-likeness (QED) is 0.154. The number of fused-ring (bicyclic) bond motifs is 6. The molecule has 4 nitrogen and oxygen atoms in total. The number of aryl methyl sites for hydroxylation is 3. The van der Waals surface area contributed by atoms with Crippen LogP contribution in [0.15, 0.2) is 188 Å². The first-order chi connectivity index (χ1) is 30.9. The molecule has 0 aliphatic heterocycles. The normalized spacial score (nSPS) is 11.4. The zero-order chi connectivity index (χ0) is 42.8. The van der Waals surface area contributed by atoms with Gasteiger partial charge in [0.2, 0.25) is 0 Å². The molecule has 0 unspecified atom stereocenters. The Labute approximate surface area is 366 Å². The first-order valence-corrected chi connectivity index (χ1v) is 21.3. The number of benzene rings is 9. The molecule has 0 saturated heterocycles. The SMILES string of the molecule is [C-]#[N+]c1cccc(-n2c3ccccc3c3cc(-c4ccccc4C)ccc32)c1-c1c(-c2ccc(C#N)cc2C)cccc1-n1c2ccccc2c2cc(-c3ccccc3C)ccc21. The van der Waals surface area contributed by atoms with Crippen LogP contribution in [-0.4, -0.2) is 9.13 Å². The van der Waals surface area contributed by atoms with E-state index in [0.717, 1.165) is 82.8 Å². The molecule has 11 rings (SSSR count). The van der Waals surface area contributed by atoms with Crippen LogP contribution in [0.1, 0.15) is 22.3 Å². The van der Waals surface area contributed by atoms with E-state index in [1.165, 1.54) is 33.4 Å². The second kappa shape index (κ2) is 14.9. The molecule has 0 radical (unpaired) electrons. The van der Waals surface area contributed by atoms with Gasteiger partial charge < -0.3 is 9.13 Å². The summed E-state index contributed by atoms with van der Waals surface area (Å²) in [6.45, 7) is 15.2. The van der Waals surface area contributed by atoms with Crippen molar-refractivity contribution in [3.05, 3.63) is 222 Å². The Balaban J connectivity index is 1.26. The third-order valence-electron chi connectivity index (χ3n) is 12.8. The zero-order valence-electron chi connectivity index (χ0n) is 35.2. The van der Waals surface area contributed by atoms with Gasteiger partial charge in [0.1, 0.15) is 0 Å². The number of rotatable bonds is 6. The highest BCUT2D eigenvalue weighted by Crippen LogP contribution is 2.49. The third kappa shape index (κ3) is 5.96. The first-order valence-electron chi connectivity index (χ1n) is 21.3. The van der Waals surface area contributed by atoms with Crippen molar-refractivity contribution in [2.45, 2.75) is 20.8 Å². The Morgan fingerprint density at radius 3 is 1.44 bits per heavy atom. The third-order valence-corrected chi connectivity index (χ3v) is 12.8. The predicted octanol–water partition coefficient (Wildman–Crippen LogP) is 15.9. The molecular formula is C59H40N4. The van der Waals surface area contributed by atoms with Crippen LogP contribution in [0, 0.1) is 38.7 Å². The lowest BCUT2D eigenvalue weighted by Crippen LogP contribution is -2.04. The summed E-state index contributed by atoms with van der Waals surface area (Å²) in [4.78, 5) is 4.31. The van der Waals surface area contributed by atoms with Crippen LogP contribution in [0.2, 0.25) is 0 Å². The Bertz CT molecular complexity index is 3750. The molecule has 63 heavy (non-hydrogen) atoms. The van der Waals surface area contributed by atoms with Crippen LogP contribution in [0.3, 0.4) is 0 Å². The minimum absolute atomic E-state index is 0.553. The monoisotopic (exact) mass is 804 g/mol. The summed E-state index contributed by atoms with van der Waals surface area (Å²) in [5, 5.41) is 14.5. The molecule has 0 N–H and O–H groups in total. The van der Waals surface area contributed by atoms with Gasteiger partial charge in [-0.1, -0.05) is 127 Å². The van der Waals surface area contributed by atoms with Crippen LogP contribution in [0.5, 0.6) is 0 Å². The summed E-state index contributed by atoms with van der Waals surface area (Å²) in [5.74, 6) is 0. The van der Waals surface area contributed by atoms with Crippen molar-refractivity contribution >= 4 is 49.3 Å². The fourth-order valence-electron chi connectivity index (χ4n) is 9.91. The standard InChI is InChI=1S/C59H40N4/c1-37-15-5-7-17-43(37)41-28-31-54-49(34-41)46-19-9-11-23-52(46)62(54)56-25-13-21-48(45-30-27-40(36-60)33-39(45)3)58(56)59-51(61-4)22-14-26-57(59)63-53-24-12-10-20-47(53)50-35-42(29-32-55(50)63)44-18-8-6-16-38(44)2/h5-35H,1-3H3. The lowest BCUT2D eigenvalue weighted by atomic mass is 9.88. The van der Waals surface area contributed by atoms with Crippen molar-refractivity contribution < 1.29 is 0 Å².